The monoisotopic (exact) mass is 330 g/mol. The van der Waals surface area contributed by atoms with Gasteiger partial charge in [-0.05, 0) is 30.7 Å². The third-order valence-corrected chi connectivity index (χ3v) is 4.61. The molecule has 1 aromatic carbocycles. The lowest BCUT2D eigenvalue weighted by Crippen LogP contribution is -2.16. The minimum atomic E-state index is -0.943. The SMILES string of the molecule is O=C(Nc1nc(-c2ccc(F)cc2)cs1)C1CC1(Cl)Cl. The molecular formula is C13H9Cl2FN2OS. The van der Waals surface area contributed by atoms with Gasteiger partial charge in [-0.1, -0.05) is 0 Å². The first-order chi connectivity index (χ1) is 9.45. The van der Waals surface area contributed by atoms with Crippen LogP contribution in [-0.4, -0.2) is 15.2 Å². The lowest BCUT2D eigenvalue weighted by atomic mass is 10.2. The number of hydrogen-bond acceptors (Lipinski definition) is 3. The summed E-state index contributed by atoms with van der Waals surface area (Å²) >= 11 is 13.0. The standard InChI is InChI=1S/C13H9Cl2FN2OS/c14-13(15)5-9(13)11(19)18-12-17-10(6-20-12)7-1-3-8(16)4-2-7/h1-4,6,9H,5H2,(H,17,18,19). The number of aromatic nitrogens is 1. The number of carbonyl (C=O) groups is 1. The average Bonchev–Trinajstić information content (AvgIpc) is 2.83. The molecule has 1 fully saturated rings. The summed E-state index contributed by atoms with van der Waals surface area (Å²) in [7, 11) is 0. The molecule has 1 heterocycles. The summed E-state index contributed by atoms with van der Waals surface area (Å²) in [5, 5.41) is 4.96. The van der Waals surface area contributed by atoms with Crippen molar-refractivity contribution in [1.29, 1.82) is 0 Å². The van der Waals surface area contributed by atoms with Gasteiger partial charge in [0.25, 0.3) is 0 Å². The number of halogens is 3. The number of benzene rings is 1. The molecule has 3 rings (SSSR count). The van der Waals surface area contributed by atoms with E-state index in [4.69, 9.17) is 23.2 Å². The molecule has 2 aromatic rings. The normalized spacial score (nSPS) is 19.6. The van der Waals surface area contributed by atoms with Crippen LogP contribution in [0.3, 0.4) is 0 Å². The zero-order chi connectivity index (χ0) is 14.3. The molecule has 1 aromatic heterocycles. The highest BCUT2D eigenvalue weighted by Gasteiger charge is 2.56. The van der Waals surface area contributed by atoms with E-state index in [2.05, 4.69) is 10.3 Å². The maximum atomic E-state index is 12.8. The summed E-state index contributed by atoms with van der Waals surface area (Å²) in [4.78, 5) is 16.1. The number of thiazole rings is 1. The van der Waals surface area contributed by atoms with Crippen LogP contribution in [0.25, 0.3) is 11.3 Å². The van der Waals surface area contributed by atoms with Gasteiger partial charge >= 0.3 is 0 Å². The molecule has 0 radical (unpaired) electrons. The zero-order valence-electron chi connectivity index (χ0n) is 10.1. The quantitative estimate of drug-likeness (QED) is 0.861. The Balaban J connectivity index is 1.71. The van der Waals surface area contributed by atoms with Gasteiger partial charge in [-0.2, -0.15) is 0 Å². The van der Waals surface area contributed by atoms with Crippen LogP contribution in [0.5, 0.6) is 0 Å². The van der Waals surface area contributed by atoms with Crippen molar-refractivity contribution in [2.45, 2.75) is 10.8 Å². The van der Waals surface area contributed by atoms with E-state index < -0.39 is 4.33 Å². The molecule has 1 aliphatic rings. The molecule has 0 saturated heterocycles. The van der Waals surface area contributed by atoms with Crippen molar-refractivity contribution in [3.05, 3.63) is 35.5 Å². The Morgan fingerprint density at radius 2 is 2.05 bits per heavy atom. The van der Waals surface area contributed by atoms with Crippen LogP contribution < -0.4 is 5.32 Å². The van der Waals surface area contributed by atoms with E-state index in [1.807, 2.05) is 0 Å². The highest BCUT2D eigenvalue weighted by Crippen LogP contribution is 2.53. The van der Waals surface area contributed by atoms with E-state index in [1.165, 1.54) is 23.5 Å². The third-order valence-electron chi connectivity index (χ3n) is 3.02. The minimum absolute atomic E-state index is 0.227. The van der Waals surface area contributed by atoms with Gasteiger partial charge in [-0.15, -0.1) is 34.5 Å². The summed E-state index contributed by atoms with van der Waals surface area (Å²) in [6, 6.07) is 6.01. The summed E-state index contributed by atoms with van der Waals surface area (Å²) in [6.45, 7) is 0. The fraction of sp³-hybridized carbons (Fsp3) is 0.231. The number of alkyl halides is 2. The lowest BCUT2D eigenvalue weighted by Gasteiger charge is -2.00. The summed E-state index contributed by atoms with van der Waals surface area (Å²) in [6.07, 6.45) is 0.456. The molecule has 0 spiro atoms. The molecule has 3 nitrogen and oxygen atoms in total. The maximum Gasteiger partial charge on any atom is 0.232 e. The molecular weight excluding hydrogens is 322 g/mol. The molecule has 1 unspecified atom stereocenters. The van der Waals surface area contributed by atoms with Gasteiger partial charge in [0.2, 0.25) is 5.91 Å². The Labute approximate surface area is 128 Å². The number of hydrogen-bond donors (Lipinski definition) is 1. The summed E-state index contributed by atoms with van der Waals surface area (Å²) < 4.78 is 11.9. The Kier molecular flexibility index (Phi) is 3.44. The zero-order valence-corrected chi connectivity index (χ0v) is 12.4. The van der Waals surface area contributed by atoms with Gasteiger partial charge in [-0.25, -0.2) is 9.37 Å². The van der Waals surface area contributed by atoms with E-state index in [9.17, 15) is 9.18 Å². The van der Waals surface area contributed by atoms with Gasteiger partial charge in [0, 0.05) is 10.9 Å². The maximum absolute atomic E-state index is 12.8. The van der Waals surface area contributed by atoms with Crippen molar-refractivity contribution in [3.63, 3.8) is 0 Å². The molecule has 1 atom stereocenters. The van der Waals surface area contributed by atoms with E-state index in [1.54, 1.807) is 17.5 Å². The van der Waals surface area contributed by atoms with Gasteiger partial charge in [-0.3, -0.25) is 4.79 Å². The first kappa shape index (κ1) is 13.8. The van der Waals surface area contributed by atoms with Gasteiger partial charge < -0.3 is 5.32 Å². The van der Waals surface area contributed by atoms with Gasteiger partial charge in [0.05, 0.1) is 11.6 Å². The highest BCUT2D eigenvalue weighted by molar-refractivity contribution is 7.14. The van der Waals surface area contributed by atoms with Crippen molar-refractivity contribution >= 4 is 45.6 Å². The predicted octanol–water partition coefficient (Wildman–Crippen LogP) is 4.08. The van der Waals surface area contributed by atoms with Crippen LogP contribution in [0, 0.1) is 11.7 Å². The topological polar surface area (TPSA) is 42.0 Å². The van der Waals surface area contributed by atoms with Crippen molar-refractivity contribution < 1.29 is 9.18 Å². The number of nitrogens with zero attached hydrogens (tertiary/aromatic N) is 1. The largest absolute Gasteiger partial charge is 0.302 e. The summed E-state index contributed by atoms with van der Waals surface area (Å²) in [5.41, 5.74) is 1.47. The highest BCUT2D eigenvalue weighted by atomic mass is 35.5. The number of carbonyl (C=O) groups excluding carboxylic acids is 1. The average molecular weight is 331 g/mol. The van der Waals surface area contributed by atoms with Gasteiger partial charge in [0.1, 0.15) is 10.2 Å². The van der Waals surface area contributed by atoms with E-state index in [0.29, 0.717) is 17.2 Å². The van der Waals surface area contributed by atoms with Crippen LogP contribution in [0.15, 0.2) is 29.6 Å². The Bertz CT molecular complexity index is 657. The predicted molar refractivity (Wildman–Crippen MR) is 78.7 cm³/mol. The van der Waals surface area contributed by atoms with Crippen LogP contribution in [0.2, 0.25) is 0 Å². The fourth-order valence-electron chi connectivity index (χ4n) is 1.77. The number of nitrogens with one attached hydrogen (secondary N) is 1. The molecule has 0 bridgehead atoms. The van der Waals surface area contributed by atoms with Crippen LogP contribution in [0.4, 0.5) is 9.52 Å². The lowest BCUT2D eigenvalue weighted by molar-refractivity contribution is -0.117. The molecule has 1 amide bonds. The first-order valence-electron chi connectivity index (χ1n) is 5.86. The summed E-state index contributed by atoms with van der Waals surface area (Å²) in [5.74, 6) is -0.911. The van der Waals surface area contributed by atoms with Crippen molar-refractivity contribution in [3.8, 4) is 11.3 Å². The molecule has 1 N–H and O–H groups in total. The molecule has 104 valence electrons. The second-order valence-corrected chi connectivity index (χ2v) is 6.95. The fourth-order valence-corrected chi connectivity index (χ4v) is 3.00. The number of anilines is 1. The van der Waals surface area contributed by atoms with Crippen molar-refractivity contribution in [2.24, 2.45) is 5.92 Å². The molecule has 20 heavy (non-hydrogen) atoms. The van der Waals surface area contributed by atoms with Crippen molar-refractivity contribution in [2.75, 3.05) is 5.32 Å². The van der Waals surface area contributed by atoms with Crippen LogP contribution >= 0.6 is 34.5 Å². The van der Waals surface area contributed by atoms with E-state index in [-0.39, 0.29) is 17.6 Å². The smallest absolute Gasteiger partial charge is 0.232 e. The molecule has 1 saturated carbocycles. The van der Waals surface area contributed by atoms with E-state index >= 15 is 0 Å². The van der Waals surface area contributed by atoms with Crippen molar-refractivity contribution in [1.82, 2.24) is 4.98 Å². The first-order valence-corrected chi connectivity index (χ1v) is 7.49. The second-order valence-electron chi connectivity index (χ2n) is 4.55. The minimum Gasteiger partial charge on any atom is -0.302 e. The number of amides is 1. The van der Waals surface area contributed by atoms with Crippen LogP contribution in [-0.2, 0) is 4.79 Å². The van der Waals surface area contributed by atoms with Gasteiger partial charge in [0.15, 0.2) is 5.13 Å². The number of rotatable bonds is 3. The molecule has 7 heteroatoms. The Hall–Kier alpha value is -1.17. The van der Waals surface area contributed by atoms with Crippen LogP contribution in [0.1, 0.15) is 6.42 Å². The molecule has 1 aliphatic carbocycles. The van der Waals surface area contributed by atoms with E-state index in [0.717, 1.165) is 5.56 Å². The Morgan fingerprint density at radius 3 is 2.65 bits per heavy atom. The third kappa shape index (κ3) is 2.80. The Morgan fingerprint density at radius 1 is 1.40 bits per heavy atom. The molecule has 0 aliphatic heterocycles. The second kappa shape index (κ2) is 4.98.